The lowest BCUT2D eigenvalue weighted by Gasteiger charge is -2.28. The highest BCUT2D eigenvalue weighted by Gasteiger charge is 2.24. The van der Waals surface area contributed by atoms with Gasteiger partial charge in [-0.1, -0.05) is 64.8 Å². The number of hydrogen-bond donors (Lipinski definition) is 0. The predicted molar refractivity (Wildman–Crippen MR) is 108 cm³/mol. The minimum absolute atomic E-state index is 0.0172. The maximum Gasteiger partial charge on any atom is 0.232 e. The minimum Gasteiger partial charge on any atom is -0.291 e. The first-order valence-corrected chi connectivity index (χ1v) is 9.87. The van der Waals surface area contributed by atoms with E-state index in [0.717, 1.165) is 17.7 Å². The van der Waals surface area contributed by atoms with E-state index in [9.17, 15) is 4.79 Å². The van der Waals surface area contributed by atoms with Gasteiger partial charge in [0.05, 0.1) is 27.2 Å². The molecule has 0 radical (unpaired) electrons. The van der Waals surface area contributed by atoms with Gasteiger partial charge < -0.3 is 0 Å². The molecular formula is C18H15Cl3N2OS. The molecule has 7 heteroatoms. The number of rotatable bonds is 3. The number of aliphatic imine (C=N–C) groups is 1. The number of carbonyl (C=O) groups is 1. The molecule has 0 saturated carbocycles. The fourth-order valence-corrected chi connectivity index (χ4v) is 3.92. The number of amides is 1. The molecule has 0 spiro atoms. The first kappa shape index (κ1) is 18.6. The Bertz CT molecular complexity index is 826. The minimum atomic E-state index is -0.0172. The van der Waals surface area contributed by atoms with E-state index in [2.05, 4.69) is 4.99 Å². The smallest absolute Gasteiger partial charge is 0.232 e. The molecule has 1 amide bonds. The van der Waals surface area contributed by atoms with Crippen molar-refractivity contribution in [1.29, 1.82) is 0 Å². The second-order valence-corrected chi connectivity index (χ2v) is 7.80. The molecule has 1 fully saturated rings. The molecule has 0 aromatic heterocycles. The molecule has 1 aliphatic heterocycles. The van der Waals surface area contributed by atoms with Crippen LogP contribution in [0.25, 0.3) is 0 Å². The van der Waals surface area contributed by atoms with Gasteiger partial charge in [-0.05, 0) is 36.2 Å². The topological polar surface area (TPSA) is 32.7 Å². The van der Waals surface area contributed by atoms with Gasteiger partial charge >= 0.3 is 0 Å². The number of benzene rings is 2. The zero-order valence-corrected chi connectivity index (χ0v) is 16.3. The van der Waals surface area contributed by atoms with Gasteiger partial charge in [-0.15, -0.1) is 0 Å². The molecule has 0 N–H and O–H groups in total. The number of carbonyl (C=O) groups excluding carboxylic acids is 1. The van der Waals surface area contributed by atoms with Crippen molar-refractivity contribution in [3.8, 4) is 0 Å². The summed E-state index contributed by atoms with van der Waals surface area (Å²) in [4.78, 5) is 19.1. The lowest BCUT2D eigenvalue weighted by atomic mass is 10.1. The Kier molecular flexibility index (Phi) is 6.29. The zero-order chi connectivity index (χ0) is 17.8. The molecule has 3 nitrogen and oxygen atoms in total. The predicted octanol–water partition coefficient (Wildman–Crippen LogP) is 5.84. The normalized spacial score (nSPS) is 16.3. The van der Waals surface area contributed by atoms with Gasteiger partial charge in [0.15, 0.2) is 5.17 Å². The summed E-state index contributed by atoms with van der Waals surface area (Å²) in [6, 6.07) is 12.6. The number of para-hydroxylation sites is 1. The van der Waals surface area contributed by atoms with E-state index < -0.39 is 0 Å². The van der Waals surface area contributed by atoms with Crippen LogP contribution in [0.3, 0.4) is 0 Å². The molecule has 1 saturated heterocycles. The van der Waals surface area contributed by atoms with Gasteiger partial charge in [0.25, 0.3) is 0 Å². The van der Waals surface area contributed by atoms with Crippen molar-refractivity contribution in [1.82, 2.24) is 4.90 Å². The molecule has 2 aromatic carbocycles. The van der Waals surface area contributed by atoms with E-state index >= 15 is 0 Å². The second kappa shape index (κ2) is 8.45. The standard InChI is InChI=1S/C18H15Cl3N2OS/c19-13-7-6-12(10-15(13)21)11-17(24)23-8-3-9-25-18(23)22-16-5-2-1-4-14(16)20/h1-2,4-7,10H,3,8-9,11H2. The van der Waals surface area contributed by atoms with E-state index in [1.807, 2.05) is 24.3 Å². The summed E-state index contributed by atoms with van der Waals surface area (Å²) in [7, 11) is 0. The largest absolute Gasteiger partial charge is 0.291 e. The molecule has 0 bridgehead atoms. The monoisotopic (exact) mass is 412 g/mol. The Morgan fingerprint density at radius 2 is 1.88 bits per heavy atom. The van der Waals surface area contributed by atoms with Crippen LogP contribution >= 0.6 is 46.6 Å². The van der Waals surface area contributed by atoms with Crippen molar-refractivity contribution in [2.45, 2.75) is 12.8 Å². The number of thioether (sulfide) groups is 1. The van der Waals surface area contributed by atoms with Crippen LogP contribution in [0.4, 0.5) is 5.69 Å². The lowest BCUT2D eigenvalue weighted by Crippen LogP contribution is -2.40. The Morgan fingerprint density at radius 1 is 1.08 bits per heavy atom. The summed E-state index contributed by atoms with van der Waals surface area (Å²) >= 11 is 19.7. The number of halogens is 3. The zero-order valence-electron chi connectivity index (χ0n) is 13.2. The van der Waals surface area contributed by atoms with Crippen LogP contribution in [-0.4, -0.2) is 28.3 Å². The van der Waals surface area contributed by atoms with Gasteiger partial charge in [-0.2, -0.15) is 0 Å². The Morgan fingerprint density at radius 3 is 2.64 bits per heavy atom. The fourth-order valence-electron chi connectivity index (χ4n) is 2.45. The Hall–Kier alpha value is -1.20. The van der Waals surface area contributed by atoms with Crippen molar-refractivity contribution < 1.29 is 4.79 Å². The molecule has 0 unspecified atom stereocenters. The van der Waals surface area contributed by atoms with Crippen LogP contribution in [0.2, 0.25) is 15.1 Å². The van der Waals surface area contributed by atoms with Crippen molar-refractivity contribution >= 4 is 63.3 Å². The van der Waals surface area contributed by atoms with Crippen LogP contribution < -0.4 is 0 Å². The van der Waals surface area contributed by atoms with Crippen LogP contribution in [0.15, 0.2) is 47.5 Å². The van der Waals surface area contributed by atoms with Crippen molar-refractivity contribution in [3.05, 3.63) is 63.1 Å². The average Bonchev–Trinajstić information content (AvgIpc) is 2.60. The van der Waals surface area contributed by atoms with Crippen LogP contribution in [0.1, 0.15) is 12.0 Å². The summed E-state index contributed by atoms with van der Waals surface area (Å²) in [6.07, 6.45) is 1.18. The molecule has 1 heterocycles. The second-order valence-electron chi connectivity index (χ2n) is 5.52. The molecule has 1 aliphatic rings. The average molecular weight is 414 g/mol. The van der Waals surface area contributed by atoms with E-state index in [1.165, 1.54) is 0 Å². The Labute approximate surface area is 166 Å². The van der Waals surface area contributed by atoms with E-state index in [0.29, 0.717) is 32.5 Å². The van der Waals surface area contributed by atoms with Crippen LogP contribution in [-0.2, 0) is 11.2 Å². The van der Waals surface area contributed by atoms with E-state index in [1.54, 1.807) is 34.9 Å². The van der Waals surface area contributed by atoms with Crippen molar-refractivity contribution in [2.75, 3.05) is 12.3 Å². The summed E-state index contributed by atoms with van der Waals surface area (Å²) in [5, 5.41) is 2.18. The molecule has 0 aliphatic carbocycles. The van der Waals surface area contributed by atoms with Crippen LogP contribution in [0.5, 0.6) is 0 Å². The molecule has 25 heavy (non-hydrogen) atoms. The summed E-state index contributed by atoms with van der Waals surface area (Å²) in [5.74, 6) is 0.913. The molecule has 2 aromatic rings. The molecule has 3 rings (SSSR count). The van der Waals surface area contributed by atoms with E-state index in [-0.39, 0.29) is 12.3 Å². The van der Waals surface area contributed by atoms with Crippen molar-refractivity contribution in [2.24, 2.45) is 4.99 Å². The summed E-state index contributed by atoms with van der Waals surface area (Å²) in [6.45, 7) is 0.649. The highest BCUT2D eigenvalue weighted by Crippen LogP contribution is 2.29. The maximum absolute atomic E-state index is 12.8. The molecule has 130 valence electrons. The van der Waals surface area contributed by atoms with Crippen LogP contribution in [0, 0.1) is 0 Å². The van der Waals surface area contributed by atoms with E-state index in [4.69, 9.17) is 34.8 Å². The van der Waals surface area contributed by atoms with Gasteiger partial charge in [-0.3, -0.25) is 9.69 Å². The van der Waals surface area contributed by atoms with Crippen molar-refractivity contribution in [3.63, 3.8) is 0 Å². The third-order valence-electron chi connectivity index (χ3n) is 3.70. The first-order valence-electron chi connectivity index (χ1n) is 7.75. The quantitative estimate of drug-likeness (QED) is 0.633. The number of nitrogens with zero attached hydrogens (tertiary/aromatic N) is 2. The fraction of sp³-hybridized carbons (Fsp3) is 0.222. The first-order chi connectivity index (χ1) is 12.0. The summed E-state index contributed by atoms with van der Waals surface area (Å²) < 4.78 is 0. The lowest BCUT2D eigenvalue weighted by molar-refractivity contribution is -0.126. The molecular weight excluding hydrogens is 399 g/mol. The molecule has 0 atom stereocenters. The number of amidine groups is 1. The third-order valence-corrected chi connectivity index (χ3v) is 5.82. The van der Waals surface area contributed by atoms with Gasteiger partial charge in [0.2, 0.25) is 5.91 Å². The maximum atomic E-state index is 12.8. The van der Waals surface area contributed by atoms with Gasteiger partial charge in [0, 0.05) is 12.3 Å². The SMILES string of the molecule is O=C(Cc1ccc(Cl)c(Cl)c1)N1CCCSC1=Nc1ccccc1Cl. The Balaban J connectivity index is 1.81. The highest BCUT2D eigenvalue weighted by molar-refractivity contribution is 8.13. The highest BCUT2D eigenvalue weighted by atomic mass is 35.5. The summed E-state index contributed by atoms with van der Waals surface area (Å²) in [5.41, 5.74) is 1.49. The number of hydrogen-bond acceptors (Lipinski definition) is 3. The van der Waals surface area contributed by atoms with Gasteiger partial charge in [-0.25, -0.2) is 4.99 Å². The third kappa shape index (κ3) is 4.70. The van der Waals surface area contributed by atoms with Gasteiger partial charge in [0.1, 0.15) is 0 Å².